The first-order chi connectivity index (χ1) is 7.56. The zero-order valence-electron chi connectivity index (χ0n) is 11.4. The van der Waals surface area contributed by atoms with E-state index >= 15 is 0 Å². The summed E-state index contributed by atoms with van der Waals surface area (Å²) >= 11 is 5.00. The average Bonchev–Trinajstić information content (AvgIpc) is 2.11. The number of amides is 1. The summed E-state index contributed by atoms with van der Waals surface area (Å²) in [6, 6.07) is 0. The Morgan fingerprint density at radius 2 is 1.76 bits per heavy atom. The molecule has 0 saturated heterocycles. The minimum Gasteiger partial charge on any atom is -0.444 e. The fourth-order valence-electron chi connectivity index (χ4n) is 1.02. The largest absolute Gasteiger partial charge is 0.444 e. The van der Waals surface area contributed by atoms with E-state index in [-0.39, 0.29) is 5.54 Å². The Morgan fingerprint density at radius 1 is 1.24 bits per heavy atom. The lowest BCUT2D eigenvalue weighted by atomic mass is 10.1. The molecule has 0 aromatic carbocycles. The Hall–Kier alpha value is -1.04. The van der Waals surface area contributed by atoms with Gasteiger partial charge in [0.05, 0.1) is 5.54 Å². The van der Waals surface area contributed by atoms with Crippen LogP contribution < -0.4 is 16.0 Å². The standard InChI is InChI=1S/C11H23N3O2S/c1-10(2,3)16-9(15)13-7-11(4,5)14-8(17)12-6/h7H2,1-6H3,(H,13,15)(H2,12,14,17). The van der Waals surface area contributed by atoms with Crippen molar-refractivity contribution in [3.8, 4) is 0 Å². The van der Waals surface area contributed by atoms with E-state index in [1.54, 1.807) is 7.05 Å². The molecule has 0 saturated carbocycles. The first-order valence-corrected chi connectivity index (χ1v) is 5.93. The van der Waals surface area contributed by atoms with E-state index in [9.17, 15) is 4.79 Å². The normalized spacial score (nSPS) is 11.6. The van der Waals surface area contributed by atoms with Crippen molar-refractivity contribution in [2.24, 2.45) is 0 Å². The first-order valence-electron chi connectivity index (χ1n) is 5.52. The number of nitrogens with one attached hydrogen (secondary N) is 3. The molecule has 0 heterocycles. The van der Waals surface area contributed by atoms with Crippen LogP contribution in [0, 0.1) is 0 Å². The summed E-state index contributed by atoms with van der Waals surface area (Å²) in [4.78, 5) is 11.5. The Kier molecular flexibility index (Phi) is 5.68. The molecular formula is C11H23N3O2S. The van der Waals surface area contributed by atoms with Crippen LogP contribution in [0.3, 0.4) is 0 Å². The summed E-state index contributed by atoms with van der Waals surface area (Å²) in [7, 11) is 1.74. The molecule has 3 N–H and O–H groups in total. The molecular weight excluding hydrogens is 238 g/mol. The third-order valence-corrected chi connectivity index (χ3v) is 2.06. The van der Waals surface area contributed by atoms with Crippen molar-refractivity contribution in [1.29, 1.82) is 0 Å². The molecule has 6 heteroatoms. The van der Waals surface area contributed by atoms with Gasteiger partial charge in [-0.05, 0) is 46.8 Å². The van der Waals surface area contributed by atoms with Crippen molar-refractivity contribution in [3.05, 3.63) is 0 Å². The van der Waals surface area contributed by atoms with E-state index in [1.165, 1.54) is 0 Å². The first kappa shape index (κ1) is 16.0. The van der Waals surface area contributed by atoms with Gasteiger partial charge in [0, 0.05) is 13.6 Å². The van der Waals surface area contributed by atoms with E-state index in [2.05, 4.69) is 16.0 Å². The molecule has 0 bridgehead atoms. The molecule has 1 amide bonds. The maximum atomic E-state index is 11.5. The van der Waals surface area contributed by atoms with E-state index in [1.807, 2.05) is 34.6 Å². The van der Waals surface area contributed by atoms with Crippen molar-refractivity contribution in [3.63, 3.8) is 0 Å². The summed E-state index contributed by atoms with van der Waals surface area (Å²) in [6.07, 6.45) is -0.428. The highest BCUT2D eigenvalue weighted by Crippen LogP contribution is 2.07. The van der Waals surface area contributed by atoms with Gasteiger partial charge >= 0.3 is 6.09 Å². The summed E-state index contributed by atoms with van der Waals surface area (Å²) < 4.78 is 5.14. The van der Waals surface area contributed by atoms with Crippen molar-refractivity contribution in [2.75, 3.05) is 13.6 Å². The summed E-state index contributed by atoms with van der Waals surface area (Å²) in [5.41, 5.74) is -0.821. The van der Waals surface area contributed by atoms with Gasteiger partial charge in [0.15, 0.2) is 5.11 Å². The van der Waals surface area contributed by atoms with Crippen LogP contribution in [-0.4, -0.2) is 35.9 Å². The average molecular weight is 261 g/mol. The molecule has 0 aliphatic rings. The molecule has 0 rings (SSSR count). The third-order valence-electron chi connectivity index (χ3n) is 1.75. The highest BCUT2D eigenvalue weighted by Gasteiger charge is 2.21. The SMILES string of the molecule is CNC(=S)NC(C)(C)CNC(=O)OC(C)(C)C. The lowest BCUT2D eigenvalue weighted by Crippen LogP contribution is -2.54. The minimum atomic E-state index is -0.484. The molecule has 5 nitrogen and oxygen atoms in total. The second-order valence-electron chi connectivity index (χ2n) is 5.44. The Morgan fingerprint density at radius 3 is 2.18 bits per heavy atom. The Balaban J connectivity index is 4.09. The van der Waals surface area contributed by atoms with Gasteiger partial charge in [-0.2, -0.15) is 0 Å². The summed E-state index contributed by atoms with van der Waals surface area (Å²) in [6.45, 7) is 9.77. The fraction of sp³-hybridized carbons (Fsp3) is 0.818. The van der Waals surface area contributed by atoms with Crippen LogP contribution in [0.1, 0.15) is 34.6 Å². The Bertz CT molecular complexity index is 285. The number of carbonyl (C=O) groups is 1. The monoisotopic (exact) mass is 261 g/mol. The molecule has 0 unspecified atom stereocenters. The number of alkyl carbamates (subject to hydrolysis) is 1. The topological polar surface area (TPSA) is 62.4 Å². The van der Waals surface area contributed by atoms with Gasteiger partial charge in [0.25, 0.3) is 0 Å². The number of hydrogen-bond acceptors (Lipinski definition) is 3. The van der Waals surface area contributed by atoms with Crippen LogP contribution in [0.4, 0.5) is 4.79 Å². The molecule has 17 heavy (non-hydrogen) atoms. The zero-order chi connectivity index (χ0) is 13.7. The van der Waals surface area contributed by atoms with Gasteiger partial charge in [-0.3, -0.25) is 0 Å². The highest BCUT2D eigenvalue weighted by atomic mass is 32.1. The summed E-state index contributed by atoms with van der Waals surface area (Å²) in [5, 5.41) is 9.14. The Labute approximate surface area is 109 Å². The molecule has 0 aliphatic carbocycles. The van der Waals surface area contributed by atoms with Crippen LogP contribution in [0.15, 0.2) is 0 Å². The predicted octanol–water partition coefficient (Wildman–Crippen LogP) is 1.38. The lowest BCUT2D eigenvalue weighted by Gasteiger charge is -2.28. The quantitative estimate of drug-likeness (QED) is 0.670. The van der Waals surface area contributed by atoms with Crippen molar-refractivity contribution in [2.45, 2.75) is 45.8 Å². The number of rotatable bonds is 3. The van der Waals surface area contributed by atoms with Crippen LogP contribution >= 0.6 is 12.2 Å². The van der Waals surface area contributed by atoms with Crippen LogP contribution in [0.2, 0.25) is 0 Å². The van der Waals surface area contributed by atoms with Gasteiger partial charge in [-0.15, -0.1) is 0 Å². The fourth-order valence-corrected chi connectivity index (χ4v) is 1.30. The third kappa shape index (κ3) is 8.74. The van der Waals surface area contributed by atoms with Crippen molar-refractivity contribution >= 4 is 23.4 Å². The molecule has 0 aromatic heterocycles. The highest BCUT2D eigenvalue weighted by molar-refractivity contribution is 7.80. The smallest absolute Gasteiger partial charge is 0.407 e. The summed E-state index contributed by atoms with van der Waals surface area (Å²) in [5.74, 6) is 0. The second-order valence-corrected chi connectivity index (χ2v) is 5.85. The molecule has 0 radical (unpaired) electrons. The minimum absolute atomic E-state index is 0.336. The number of carbonyl (C=O) groups excluding carboxylic acids is 1. The molecule has 0 aliphatic heterocycles. The second kappa shape index (κ2) is 6.05. The van der Waals surface area contributed by atoms with E-state index in [0.29, 0.717) is 11.7 Å². The van der Waals surface area contributed by atoms with Crippen LogP contribution in [0.5, 0.6) is 0 Å². The maximum Gasteiger partial charge on any atom is 0.407 e. The molecule has 0 fully saturated rings. The molecule has 0 atom stereocenters. The van der Waals surface area contributed by atoms with E-state index in [0.717, 1.165) is 0 Å². The van der Waals surface area contributed by atoms with Gasteiger partial charge < -0.3 is 20.7 Å². The van der Waals surface area contributed by atoms with Crippen molar-refractivity contribution < 1.29 is 9.53 Å². The van der Waals surface area contributed by atoms with Crippen molar-refractivity contribution in [1.82, 2.24) is 16.0 Å². The van der Waals surface area contributed by atoms with Crippen LogP contribution in [-0.2, 0) is 4.74 Å². The molecule has 0 aromatic rings. The molecule has 100 valence electrons. The number of hydrogen-bond donors (Lipinski definition) is 3. The van der Waals surface area contributed by atoms with E-state index in [4.69, 9.17) is 17.0 Å². The predicted molar refractivity (Wildman–Crippen MR) is 73.1 cm³/mol. The number of ether oxygens (including phenoxy) is 1. The van der Waals surface area contributed by atoms with Gasteiger partial charge in [0.2, 0.25) is 0 Å². The lowest BCUT2D eigenvalue weighted by molar-refractivity contribution is 0.0516. The van der Waals surface area contributed by atoms with Gasteiger partial charge in [-0.25, -0.2) is 4.79 Å². The maximum absolute atomic E-state index is 11.5. The van der Waals surface area contributed by atoms with Gasteiger partial charge in [0.1, 0.15) is 5.60 Å². The van der Waals surface area contributed by atoms with Crippen LogP contribution in [0.25, 0.3) is 0 Å². The number of thiocarbonyl (C=S) groups is 1. The molecule has 0 spiro atoms. The zero-order valence-corrected chi connectivity index (χ0v) is 12.2. The van der Waals surface area contributed by atoms with Gasteiger partial charge in [-0.1, -0.05) is 0 Å². The van der Waals surface area contributed by atoms with E-state index < -0.39 is 11.7 Å².